The van der Waals surface area contributed by atoms with Crippen LogP contribution in [0, 0.1) is 0 Å². The average molecular weight is 292 g/mol. The second-order valence-corrected chi connectivity index (χ2v) is 5.25. The maximum absolute atomic E-state index is 5.97. The summed E-state index contributed by atoms with van der Waals surface area (Å²) < 4.78 is 0. The molecule has 96 valence electrons. The number of nitrogens with one attached hydrogen (secondary N) is 1. The monoisotopic (exact) mass is 291 g/mol. The van der Waals surface area contributed by atoms with Crippen molar-refractivity contribution >= 4 is 39.9 Å². The molecule has 3 nitrogen and oxygen atoms in total. The fourth-order valence-corrected chi connectivity index (χ4v) is 2.52. The number of aromatic nitrogens is 2. The van der Waals surface area contributed by atoms with E-state index in [1.165, 1.54) is 0 Å². The van der Waals surface area contributed by atoms with E-state index < -0.39 is 0 Å². The van der Waals surface area contributed by atoms with Crippen molar-refractivity contribution in [3.05, 3.63) is 57.8 Å². The number of imidazole rings is 1. The number of anilines is 1. The highest BCUT2D eigenvalue weighted by atomic mass is 35.5. The lowest BCUT2D eigenvalue weighted by Gasteiger charge is -1.98. The zero-order valence-electron chi connectivity index (χ0n) is 9.95. The first-order chi connectivity index (χ1) is 9.11. The van der Waals surface area contributed by atoms with Crippen LogP contribution in [0.2, 0.25) is 10.0 Å². The average Bonchev–Trinajstić information content (AvgIpc) is 2.71. The van der Waals surface area contributed by atoms with Crippen LogP contribution in [0.15, 0.2) is 36.4 Å². The lowest BCUT2D eigenvalue weighted by molar-refractivity contribution is 1.04. The van der Waals surface area contributed by atoms with Gasteiger partial charge in [-0.2, -0.15) is 0 Å². The fourth-order valence-electron chi connectivity index (χ4n) is 2.08. The molecule has 0 atom stereocenters. The third-order valence-corrected chi connectivity index (χ3v) is 3.34. The van der Waals surface area contributed by atoms with Gasteiger partial charge in [0.05, 0.1) is 11.2 Å². The number of benzene rings is 2. The van der Waals surface area contributed by atoms with Crippen molar-refractivity contribution in [1.82, 2.24) is 9.97 Å². The molecule has 0 aliphatic heterocycles. The van der Waals surface area contributed by atoms with Gasteiger partial charge in [0.15, 0.2) is 0 Å². The smallest absolute Gasteiger partial charge is 0.112 e. The first kappa shape index (κ1) is 12.3. The summed E-state index contributed by atoms with van der Waals surface area (Å²) in [5.74, 6) is 0.839. The second kappa shape index (κ2) is 4.76. The molecule has 0 fully saturated rings. The second-order valence-electron chi connectivity index (χ2n) is 4.38. The quantitative estimate of drug-likeness (QED) is 0.700. The molecule has 0 unspecified atom stereocenters. The standard InChI is InChI=1S/C14H11Cl2N3/c15-9-3-1-2-8(4-9)5-13-18-12-7-10(16)6-11(17)14(12)19-13/h1-4,6-7H,5,17H2,(H,18,19). The molecule has 0 aliphatic rings. The fraction of sp³-hybridized carbons (Fsp3) is 0.0714. The number of nitrogen functional groups attached to an aromatic ring is 1. The van der Waals surface area contributed by atoms with Gasteiger partial charge in [0.1, 0.15) is 11.3 Å². The van der Waals surface area contributed by atoms with Gasteiger partial charge in [0.25, 0.3) is 0 Å². The van der Waals surface area contributed by atoms with E-state index in [4.69, 9.17) is 28.9 Å². The summed E-state index contributed by atoms with van der Waals surface area (Å²) in [6.45, 7) is 0. The zero-order chi connectivity index (χ0) is 13.4. The number of nitrogens with two attached hydrogens (primary N) is 1. The Morgan fingerprint density at radius 2 is 1.95 bits per heavy atom. The van der Waals surface area contributed by atoms with E-state index in [-0.39, 0.29) is 0 Å². The molecule has 19 heavy (non-hydrogen) atoms. The van der Waals surface area contributed by atoms with E-state index in [1.807, 2.05) is 30.3 Å². The number of hydrogen-bond donors (Lipinski definition) is 2. The number of aromatic amines is 1. The predicted octanol–water partition coefficient (Wildman–Crippen LogP) is 4.04. The van der Waals surface area contributed by atoms with Gasteiger partial charge >= 0.3 is 0 Å². The van der Waals surface area contributed by atoms with Crippen LogP contribution in [0.4, 0.5) is 5.69 Å². The summed E-state index contributed by atoms with van der Waals surface area (Å²) >= 11 is 11.9. The highest BCUT2D eigenvalue weighted by Crippen LogP contribution is 2.25. The van der Waals surface area contributed by atoms with Crippen molar-refractivity contribution in [3.8, 4) is 0 Å². The molecule has 2 aromatic carbocycles. The molecule has 0 amide bonds. The maximum Gasteiger partial charge on any atom is 0.112 e. The molecule has 0 saturated heterocycles. The number of rotatable bonds is 2. The molecule has 1 aromatic heterocycles. The highest BCUT2D eigenvalue weighted by molar-refractivity contribution is 6.31. The number of fused-ring (bicyclic) bond motifs is 1. The van der Waals surface area contributed by atoms with Crippen LogP contribution >= 0.6 is 23.2 Å². The summed E-state index contributed by atoms with van der Waals surface area (Å²) in [5.41, 5.74) is 9.17. The Morgan fingerprint density at radius 1 is 1.11 bits per heavy atom. The minimum Gasteiger partial charge on any atom is -0.397 e. The molecule has 3 aromatic rings. The molecule has 3 N–H and O–H groups in total. The van der Waals surface area contributed by atoms with Gasteiger partial charge in [-0.05, 0) is 29.8 Å². The Hall–Kier alpha value is -1.71. The Bertz CT molecular complexity index is 750. The predicted molar refractivity (Wildman–Crippen MR) is 79.8 cm³/mol. The van der Waals surface area contributed by atoms with Crippen molar-refractivity contribution in [2.45, 2.75) is 6.42 Å². The van der Waals surface area contributed by atoms with Gasteiger partial charge in [-0.1, -0.05) is 35.3 Å². The van der Waals surface area contributed by atoms with Crippen LogP contribution < -0.4 is 5.73 Å². The minimum absolute atomic E-state index is 0.580. The number of halogens is 2. The minimum atomic E-state index is 0.580. The normalized spacial score (nSPS) is 11.1. The van der Waals surface area contributed by atoms with Crippen LogP contribution in [0.1, 0.15) is 11.4 Å². The van der Waals surface area contributed by atoms with Crippen molar-refractivity contribution in [2.24, 2.45) is 0 Å². The summed E-state index contributed by atoms with van der Waals surface area (Å²) in [6.07, 6.45) is 0.673. The van der Waals surface area contributed by atoms with Gasteiger partial charge in [0.2, 0.25) is 0 Å². The van der Waals surface area contributed by atoms with Crippen LogP contribution in [-0.4, -0.2) is 9.97 Å². The molecule has 5 heteroatoms. The number of nitrogens with zero attached hydrogens (tertiary/aromatic N) is 1. The van der Waals surface area contributed by atoms with E-state index in [2.05, 4.69) is 9.97 Å². The van der Waals surface area contributed by atoms with E-state index in [0.717, 1.165) is 27.4 Å². The van der Waals surface area contributed by atoms with Gasteiger partial charge in [-0.3, -0.25) is 0 Å². The Kier molecular flexibility index (Phi) is 3.09. The Balaban J connectivity index is 2.00. The molecule has 3 rings (SSSR count). The van der Waals surface area contributed by atoms with E-state index >= 15 is 0 Å². The first-order valence-electron chi connectivity index (χ1n) is 5.80. The van der Waals surface area contributed by atoms with Crippen molar-refractivity contribution < 1.29 is 0 Å². The number of H-pyrrole nitrogens is 1. The van der Waals surface area contributed by atoms with E-state index in [1.54, 1.807) is 6.07 Å². The van der Waals surface area contributed by atoms with Crippen LogP contribution in [0.25, 0.3) is 11.0 Å². The third kappa shape index (κ3) is 2.53. The molecule has 0 radical (unpaired) electrons. The third-order valence-electron chi connectivity index (χ3n) is 2.89. The van der Waals surface area contributed by atoms with Gasteiger partial charge < -0.3 is 10.7 Å². The lowest BCUT2D eigenvalue weighted by Crippen LogP contribution is -1.90. The zero-order valence-corrected chi connectivity index (χ0v) is 11.5. The number of hydrogen-bond acceptors (Lipinski definition) is 2. The van der Waals surface area contributed by atoms with Crippen LogP contribution in [0.5, 0.6) is 0 Å². The highest BCUT2D eigenvalue weighted by Gasteiger charge is 2.08. The molecule has 0 saturated carbocycles. The van der Waals surface area contributed by atoms with Crippen molar-refractivity contribution in [2.75, 3.05) is 5.73 Å². The molecular weight excluding hydrogens is 281 g/mol. The van der Waals surface area contributed by atoms with Crippen molar-refractivity contribution in [3.63, 3.8) is 0 Å². The first-order valence-corrected chi connectivity index (χ1v) is 6.55. The summed E-state index contributed by atoms with van der Waals surface area (Å²) in [7, 11) is 0. The summed E-state index contributed by atoms with van der Waals surface area (Å²) in [5, 5.41) is 1.32. The van der Waals surface area contributed by atoms with Crippen molar-refractivity contribution in [1.29, 1.82) is 0 Å². The summed E-state index contributed by atoms with van der Waals surface area (Å²) in [4.78, 5) is 7.72. The van der Waals surface area contributed by atoms with E-state index in [9.17, 15) is 0 Å². The molecule has 0 bridgehead atoms. The SMILES string of the molecule is Nc1cc(Cl)cc2[nH]c(Cc3cccc(Cl)c3)nc12. The molecule has 0 spiro atoms. The van der Waals surface area contributed by atoms with Crippen LogP contribution in [0.3, 0.4) is 0 Å². The topological polar surface area (TPSA) is 54.7 Å². The van der Waals surface area contributed by atoms with E-state index in [0.29, 0.717) is 17.1 Å². The Labute approximate surface area is 120 Å². The van der Waals surface area contributed by atoms with Gasteiger partial charge in [-0.25, -0.2) is 4.98 Å². The largest absolute Gasteiger partial charge is 0.397 e. The molecule has 1 heterocycles. The van der Waals surface area contributed by atoms with Crippen LogP contribution in [-0.2, 0) is 6.42 Å². The van der Waals surface area contributed by atoms with Gasteiger partial charge in [0, 0.05) is 16.5 Å². The lowest BCUT2D eigenvalue weighted by atomic mass is 10.1. The Morgan fingerprint density at radius 3 is 2.74 bits per heavy atom. The molecule has 0 aliphatic carbocycles. The molecular formula is C14H11Cl2N3. The summed E-state index contributed by atoms with van der Waals surface area (Å²) in [6, 6.07) is 11.2. The van der Waals surface area contributed by atoms with Gasteiger partial charge in [-0.15, -0.1) is 0 Å². The maximum atomic E-state index is 5.97.